The molecule has 0 unspecified atom stereocenters. The molecular weight excluding hydrogens is 452 g/mol. The van der Waals surface area contributed by atoms with Crippen molar-refractivity contribution in [3.63, 3.8) is 0 Å². The number of carbonyl (C=O) groups excluding carboxylic acids is 2. The Morgan fingerprint density at radius 3 is 2.25 bits per heavy atom. The van der Waals surface area contributed by atoms with Gasteiger partial charge in [-0.2, -0.15) is 0 Å². The van der Waals surface area contributed by atoms with Crippen molar-refractivity contribution in [1.82, 2.24) is 0 Å². The van der Waals surface area contributed by atoms with Crippen LogP contribution in [0.1, 0.15) is 31.8 Å². The van der Waals surface area contributed by atoms with Gasteiger partial charge in [0.1, 0.15) is 0 Å². The molecule has 3 aromatic rings. The molecule has 1 amide bonds. The smallest absolute Gasteiger partial charge is 0.339 e. The van der Waals surface area contributed by atoms with E-state index in [1.54, 1.807) is 31.2 Å². The minimum atomic E-state index is -3.76. The number of ether oxygens (including phenoxy) is 1. The first-order valence-electron chi connectivity index (χ1n) is 9.50. The molecule has 0 bridgehead atoms. The molecule has 0 aliphatic carbocycles. The van der Waals surface area contributed by atoms with Gasteiger partial charge in [-0.05, 0) is 67.9 Å². The summed E-state index contributed by atoms with van der Waals surface area (Å²) in [5.41, 5.74) is 2.69. The third-order valence-corrected chi connectivity index (χ3v) is 6.40. The van der Waals surface area contributed by atoms with Gasteiger partial charge in [0.15, 0.2) is 0 Å². The van der Waals surface area contributed by atoms with E-state index in [1.807, 2.05) is 6.92 Å². The minimum absolute atomic E-state index is 0.129. The zero-order valence-corrected chi connectivity index (χ0v) is 19.2. The molecule has 32 heavy (non-hydrogen) atoms. The molecule has 0 spiro atoms. The molecule has 0 saturated carbocycles. The van der Waals surface area contributed by atoms with Crippen molar-refractivity contribution in [3.8, 4) is 0 Å². The molecule has 3 aromatic carbocycles. The van der Waals surface area contributed by atoms with Crippen LogP contribution < -0.4 is 10.0 Å². The molecule has 7 nitrogen and oxygen atoms in total. The molecule has 0 aliphatic heterocycles. The number of benzene rings is 3. The molecule has 9 heteroatoms. The average molecular weight is 473 g/mol. The Bertz CT molecular complexity index is 1290. The van der Waals surface area contributed by atoms with Crippen molar-refractivity contribution in [1.29, 1.82) is 0 Å². The summed E-state index contributed by atoms with van der Waals surface area (Å²) in [5.74, 6) is -1.05. The lowest BCUT2D eigenvalue weighted by molar-refractivity contribution is 0.0600. The molecule has 2 N–H and O–H groups in total. The Labute approximate surface area is 191 Å². The summed E-state index contributed by atoms with van der Waals surface area (Å²) in [6.07, 6.45) is 0. The van der Waals surface area contributed by atoms with Gasteiger partial charge in [-0.1, -0.05) is 29.3 Å². The van der Waals surface area contributed by atoms with Crippen LogP contribution >= 0.6 is 11.6 Å². The van der Waals surface area contributed by atoms with Gasteiger partial charge in [-0.15, -0.1) is 0 Å². The first-order valence-corrected chi connectivity index (χ1v) is 11.4. The second-order valence-electron chi connectivity index (χ2n) is 7.09. The summed E-state index contributed by atoms with van der Waals surface area (Å²) in [5, 5.41) is 2.89. The van der Waals surface area contributed by atoms with E-state index in [0.29, 0.717) is 22.5 Å². The van der Waals surface area contributed by atoms with Gasteiger partial charge in [0.05, 0.1) is 28.3 Å². The van der Waals surface area contributed by atoms with E-state index in [2.05, 4.69) is 14.8 Å². The monoisotopic (exact) mass is 472 g/mol. The van der Waals surface area contributed by atoms with Crippen molar-refractivity contribution in [3.05, 3.63) is 87.9 Å². The summed E-state index contributed by atoms with van der Waals surface area (Å²) < 4.78 is 32.5. The van der Waals surface area contributed by atoms with Gasteiger partial charge < -0.3 is 10.1 Å². The molecule has 0 atom stereocenters. The van der Waals surface area contributed by atoms with Crippen LogP contribution in [0.5, 0.6) is 0 Å². The number of anilines is 2. The number of sulfonamides is 1. The normalized spacial score (nSPS) is 11.0. The lowest BCUT2D eigenvalue weighted by atomic mass is 10.1. The number of halogens is 1. The Hall–Kier alpha value is -3.36. The number of hydrogen-bond donors (Lipinski definition) is 2. The van der Waals surface area contributed by atoms with E-state index in [0.717, 1.165) is 5.56 Å². The zero-order valence-electron chi connectivity index (χ0n) is 17.6. The molecule has 166 valence electrons. The summed E-state index contributed by atoms with van der Waals surface area (Å²) >= 11 is 6.00. The van der Waals surface area contributed by atoms with Gasteiger partial charge in [-0.3, -0.25) is 9.52 Å². The molecule has 0 fully saturated rings. The molecule has 0 radical (unpaired) electrons. The standard InChI is InChI=1S/C23H21ClN2O5S/c1-14-4-8-18(9-5-14)32(29,30)26-21-11-6-16(12-15(21)2)22(27)25-17-7-10-20(24)19(13-17)23(28)31-3/h4-13,26H,1-3H3,(H,25,27). The maximum Gasteiger partial charge on any atom is 0.339 e. The van der Waals surface area contributed by atoms with Crippen molar-refractivity contribution in [2.75, 3.05) is 17.1 Å². The quantitative estimate of drug-likeness (QED) is 0.502. The topological polar surface area (TPSA) is 102 Å². The highest BCUT2D eigenvalue weighted by Gasteiger charge is 2.17. The molecular formula is C23H21ClN2O5S. The largest absolute Gasteiger partial charge is 0.465 e. The predicted octanol–water partition coefficient (Wildman–Crippen LogP) is 4.80. The average Bonchev–Trinajstić information content (AvgIpc) is 2.76. The number of rotatable bonds is 6. The van der Waals surface area contributed by atoms with E-state index in [4.69, 9.17) is 11.6 Å². The van der Waals surface area contributed by atoms with Crippen LogP contribution in [0.25, 0.3) is 0 Å². The summed E-state index contributed by atoms with van der Waals surface area (Å²) in [6.45, 7) is 3.57. The molecule has 3 rings (SSSR count). The van der Waals surface area contributed by atoms with E-state index in [9.17, 15) is 18.0 Å². The van der Waals surface area contributed by atoms with Crippen molar-refractivity contribution >= 4 is 44.9 Å². The lowest BCUT2D eigenvalue weighted by Gasteiger charge is -2.13. The van der Waals surface area contributed by atoms with Crippen LogP contribution in [0.3, 0.4) is 0 Å². The maximum absolute atomic E-state index is 12.7. The Morgan fingerprint density at radius 1 is 0.938 bits per heavy atom. The molecule has 0 heterocycles. The second-order valence-corrected chi connectivity index (χ2v) is 9.18. The van der Waals surface area contributed by atoms with Crippen molar-refractivity contribution in [2.24, 2.45) is 0 Å². The number of hydrogen-bond acceptors (Lipinski definition) is 5. The molecule has 0 saturated heterocycles. The number of methoxy groups -OCH3 is 1. The fraction of sp³-hybridized carbons (Fsp3) is 0.130. The Morgan fingerprint density at radius 2 is 1.62 bits per heavy atom. The van der Waals surface area contributed by atoms with Crippen LogP contribution in [-0.4, -0.2) is 27.4 Å². The predicted molar refractivity (Wildman–Crippen MR) is 124 cm³/mol. The maximum atomic E-state index is 12.7. The first-order chi connectivity index (χ1) is 15.1. The highest BCUT2D eigenvalue weighted by molar-refractivity contribution is 7.92. The van der Waals surface area contributed by atoms with Crippen molar-refractivity contribution in [2.45, 2.75) is 18.7 Å². The van der Waals surface area contributed by atoms with Crippen molar-refractivity contribution < 1.29 is 22.7 Å². The first kappa shape index (κ1) is 23.3. The van der Waals surface area contributed by atoms with Gasteiger partial charge in [0.2, 0.25) is 0 Å². The molecule has 0 aromatic heterocycles. The van der Waals surface area contributed by atoms with Crippen LogP contribution in [0.2, 0.25) is 5.02 Å². The fourth-order valence-corrected chi connectivity index (χ4v) is 4.24. The van der Waals surface area contributed by atoms with Crippen LogP contribution in [0.4, 0.5) is 11.4 Å². The Balaban J connectivity index is 1.78. The number of carbonyl (C=O) groups is 2. The lowest BCUT2D eigenvalue weighted by Crippen LogP contribution is -2.15. The molecule has 0 aliphatic rings. The number of amides is 1. The van der Waals surface area contributed by atoms with E-state index >= 15 is 0 Å². The van der Waals surface area contributed by atoms with E-state index in [-0.39, 0.29) is 15.5 Å². The van der Waals surface area contributed by atoms with Gasteiger partial charge in [0, 0.05) is 11.3 Å². The van der Waals surface area contributed by atoms with Gasteiger partial charge >= 0.3 is 5.97 Å². The summed E-state index contributed by atoms with van der Waals surface area (Å²) in [4.78, 5) is 24.6. The highest BCUT2D eigenvalue weighted by atomic mass is 35.5. The summed E-state index contributed by atoms with van der Waals surface area (Å²) in [6, 6.07) is 15.6. The summed E-state index contributed by atoms with van der Waals surface area (Å²) in [7, 11) is -2.52. The third kappa shape index (κ3) is 5.27. The van der Waals surface area contributed by atoms with E-state index in [1.165, 1.54) is 43.5 Å². The number of nitrogens with one attached hydrogen (secondary N) is 2. The zero-order chi connectivity index (χ0) is 23.5. The SMILES string of the molecule is COC(=O)c1cc(NC(=O)c2ccc(NS(=O)(=O)c3ccc(C)cc3)c(C)c2)ccc1Cl. The van der Waals surface area contributed by atoms with Gasteiger partial charge in [0.25, 0.3) is 15.9 Å². The van der Waals surface area contributed by atoms with Crippen LogP contribution in [-0.2, 0) is 14.8 Å². The number of aryl methyl sites for hydroxylation is 2. The minimum Gasteiger partial charge on any atom is -0.465 e. The third-order valence-electron chi connectivity index (χ3n) is 4.69. The Kier molecular flexibility index (Phi) is 6.86. The van der Waals surface area contributed by atoms with Crippen LogP contribution in [0, 0.1) is 13.8 Å². The second kappa shape index (κ2) is 9.42. The fourth-order valence-electron chi connectivity index (χ4n) is 2.91. The number of esters is 1. The van der Waals surface area contributed by atoms with Gasteiger partial charge in [-0.25, -0.2) is 13.2 Å². The highest BCUT2D eigenvalue weighted by Crippen LogP contribution is 2.24. The van der Waals surface area contributed by atoms with Crippen LogP contribution in [0.15, 0.2) is 65.6 Å². The van der Waals surface area contributed by atoms with E-state index < -0.39 is 21.9 Å².